The van der Waals surface area contributed by atoms with Crippen LogP contribution < -0.4 is 5.32 Å². The van der Waals surface area contributed by atoms with Crippen LogP contribution in [0.15, 0.2) is 28.8 Å². The number of hydrogen-bond donors (Lipinski definition) is 1. The van der Waals surface area contributed by atoms with Crippen LogP contribution in [-0.4, -0.2) is 41.6 Å². The number of aryl methyl sites for hydroxylation is 3. The van der Waals surface area contributed by atoms with Crippen LogP contribution in [0.1, 0.15) is 48.6 Å². The Hall–Kier alpha value is -2.21. The van der Waals surface area contributed by atoms with Gasteiger partial charge in [0.2, 0.25) is 11.8 Å². The number of carbonyl (C=O) groups is 1. The Morgan fingerprint density at radius 2 is 2.00 bits per heavy atom. The monoisotopic (exact) mass is 344 g/mol. The van der Waals surface area contributed by atoms with E-state index in [4.69, 9.17) is 4.52 Å². The third-order valence-electron chi connectivity index (χ3n) is 4.20. The molecular formula is C19H28N4O2. The minimum Gasteiger partial charge on any atom is -0.354 e. The minimum absolute atomic E-state index is 0.0502. The van der Waals surface area contributed by atoms with E-state index in [1.54, 1.807) is 0 Å². The Morgan fingerprint density at radius 1 is 1.28 bits per heavy atom. The quantitative estimate of drug-likeness (QED) is 0.757. The first-order valence-electron chi connectivity index (χ1n) is 8.80. The molecule has 25 heavy (non-hydrogen) atoms. The van der Waals surface area contributed by atoms with Crippen LogP contribution in [0.3, 0.4) is 0 Å². The van der Waals surface area contributed by atoms with E-state index in [-0.39, 0.29) is 11.9 Å². The average molecular weight is 344 g/mol. The molecule has 6 nitrogen and oxygen atoms in total. The number of hydrogen-bond acceptors (Lipinski definition) is 5. The number of likely N-dealkylation sites (N-methyl/N-ethyl adjacent to an activating group) is 1. The largest absolute Gasteiger partial charge is 0.354 e. The second-order valence-electron chi connectivity index (χ2n) is 6.51. The zero-order valence-electron chi connectivity index (χ0n) is 15.6. The third kappa shape index (κ3) is 5.98. The summed E-state index contributed by atoms with van der Waals surface area (Å²) in [6.45, 7) is 4.65. The first-order valence-corrected chi connectivity index (χ1v) is 8.80. The highest BCUT2D eigenvalue weighted by Crippen LogP contribution is 2.18. The third-order valence-corrected chi connectivity index (χ3v) is 4.20. The zero-order chi connectivity index (χ0) is 18.2. The Balaban J connectivity index is 1.77. The van der Waals surface area contributed by atoms with E-state index < -0.39 is 0 Å². The number of nitrogens with zero attached hydrogens (tertiary/aromatic N) is 3. The first kappa shape index (κ1) is 19.1. The fraction of sp³-hybridized carbons (Fsp3) is 0.526. The van der Waals surface area contributed by atoms with Gasteiger partial charge in [-0.05, 0) is 33.0 Å². The molecule has 1 heterocycles. The molecule has 1 N–H and O–H groups in total. The van der Waals surface area contributed by atoms with Crippen molar-refractivity contribution in [1.29, 1.82) is 0 Å². The van der Waals surface area contributed by atoms with Crippen LogP contribution in [0.5, 0.6) is 0 Å². The molecule has 1 aromatic carbocycles. The maximum atomic E-state index is 12.1. The predicted molar refractivity (Wildman–Crippen MR) is 97.2 cm³/mol. The van der Waals surface area contributed by atoms with E-state index in [1.165, 1.54) is 11.1 Å². The van der Waals surface area contributed by atoms with E-state index in [2.05, 4.69) is 51.5 Å². The molecule has 0 unspecified atom stereocenters. The van der Waals surface area contributed by atoms with Crippen molar-refractivity contribution in [1.82, 2.24) is 20.4 Å². The lowest BCUT2D eigenvalue weighted by molar-refractivity contribution is -0.121. The van der Waals surface area contributed by atoms with Crippen LogP contribution >= 0.6 is 0 Å². The number of aromatic nitrogens is 2. The van der Waals surface area contributed by atoms with Gasteiger partial charge in [0, 0.05) is 25.8 Å². The van der Waals surface area contributed by atoms with Gasteiger partial charge in [-0.1, -0.05) is 41.9 Å². The summed E-state index contributed by atoms with van der Waals surface area (Å²) in [5, 5.41) is 6.89. The van der Waals surface area contributed by atoms with E-state index in [1.807, 2.05) is 21.0 Å². The van der Waals surface area contributed by atoms with Crippen molar-refractivity contribution in [2.24, 2.45) is 0 Å². The molecule has 136 valence electrons. The minimum atomic E-state index is 0.0502. The van der Waals surface area contributed by atoms with Crippen molar-refractivity contribution in [3.8, 4) is 0 Å². The molecule has 6 heteroatoms. The molecule has 2 rings (SSSR count). The Labute approximate surface area is 149 Å². The summed E-state index contributed by atoms with van der Waals surface area (Å²) >= 11 is 0. The van der Waals surface area contributed by atoms with Gasteiger partial charge in [-0.2, -0.15) is 4.98 Å². The molecule has 0 bridgehead atoms. The van der Waals surface area contributed by atoms with Crippen molar-refractivity contribution in [3.63, 3.8) is 0 Å². The van der Waals surface area contributed by atoms with E-state index >= 15 is 0 Å². The number of rotatable bonds is 9. The molecule has 2 aromatic rings. The summed E-state index contributed by atoms with van der Waals surface area (Å²) < 4.78 is 5.13. The topological polar surface area (TPSA) is 71.3 Å². The first-order chi connectivity index (χ1) is 12.0. The van der Waals surface area contributed by atoms with Gasteiger partial charge in [0.1, 0.15) is 0 Å². The summed E-state index contributed by atoms with van der Waals surface area (Å²) in [4.78, 5) is 18.5. The van der Waals surface area contributed by atoms with Crippen LogP contribution in [0.25, 0.3) is 0 Å². The Bertz CT molecular complexity index is 664. The summed E-state index contributed by atoms with van der Waals surface area (Å²) in [5.41, 5.74) is 2.44. The van der Waals surface area contributed by atoms with Crippen LogP contribution in [-0.2, 0) is 17.6 Å². The lowest BCUT2D eigenvalue weighted by Crippen LogP contribution is -2.34. The number of amides is 1. The molecule has 0 radical (unpaired) electrons. The molecule has 0 aliphatic heterocycles. The fourth-order valence-electron chi connectivity index (χ4n) is 2.62. The van der Waals surface area contributed by atoms with Crippen molar-refractivity contribution in [2.45, 2.75) is 45.6 Å². The van der Waals surface area contributed by atoms with E-state index in [0.29, 0.717) is 37.5 Å². The predicted octanol–water partition coefficient (Wildman–Crippen LogP) is 2.68. The highest BCUT2D eigenvalue weighted by atomic mass is 16.5. The fourth-order valence-corrected chi connectivity index (χ4v) is 2.62. The smallest absolute Gasteiger partial charge is 0.226 e. The standard InChI is InChI=1S/C19H28N4O2/c1-5-17-21-19(25-22-17)8-6-7-18(24)20-13-16(23(3)4)15-11-9-14(2)10-12-15/h9-12,16H,5-8,13H2,1-4H3,(H,20,24)/t16-/m0/s1. The van der Waals surface area contributed by atoms with Crippen LogP contribution in [0, 0.1) is 6.92 Å². The number of carbonyl (C=O) groups excluding carboxylic acids is 1. The highest BCUT2D eigenvalue weighted by Gasteiger charge is 2.15. The summed E-state index contributed by atoms with van der Waals surface area (Å²) in [7, 11) is 4.05. The summed E-state index contributed by atoms with van der Waals surface area (Å²) in [6.07, 6.45) is 2.55. The number of benzene rings is 1. The van der Waals surface area contributed by atoms with Crippen molar-refractivity contribution >= 4 is 5.91 Å². The SMILES string of the molecule is CCc1noc(CCCC(=O)NC[C@@H](c2ccc(C)cc2)N(C)C)n1. The second kappa shape index (κ2) is 9.32. The molecule has 1 aromatic heterocycles. The molecule has 1 amide bonds. The maximum absolute atomic E-state index is 12.1. The van der Waals surface area contributed by atoms with Gasteiger partial charge in [-0.25, -0.2) is 0 Å². The Kier molecular flexibility index (Phi) is 7.13. The zero-order valence-corrected chi connectivity index (χ0v) is 15.6. The van der Waals surface area contributed by atoms with Crippen LogP contribution in [0.4, 0.5) is 0 Å². The molecule has 0 fully saturated rings. The van der Waals surface area contributed by atoms with E-state index in [9.17, 15) is 4.79 Å². The lowest BCUT2D eigenvalue weighted by atomic mass is 10.0. The maximum Gasteiger partial charge on any atom is 0.226 e. The normalized spacial score (nSPS) is 12.4. The molecule has 0 saturated carbocycles. The van der Waals surface area contributed by atoms with E-state index in [0.717, 1.165) is 6.42 Å². The van der Waals surface area contributed by atoms with Gasteiger partial charge in [0.15, 0.2) is 5.82 Å². The molecule has 0 aliphatic carbocycles. The van der Waals surface area contributed by atoms with Crippen molar-refractivity contribution in [3.05, 3.63) is 47.1 Å². The van der Waals surface area contributed by atoms with Gasteiger partial charge in [0.25, 0.3) is 0 Å². The second-order valence-corrected chi connectivity index (χ2v) is 6.51. The van der Waals surface area contributed by atoms with Gasteiger partial charge in [-0.3, -0.25) is 4.79 Å². The summed E-state index contributed by atoms with van der Waals surface area (Å²) in [5.74, 6) is 1.37. The lowest BCUT2D eigenvalue weighted by Gasteiger charge is -2.25. The molecule has 0 aliphatic rings. The molecule has 1 atom stereocenters. The summed E-state index contributed by atoms with van der Waals surface area (Å²) in [6, 6.07) is 8.60. The molecule has 0 spiro atoms. The van der Waals surface area contributed by atoms with Gasteiger partial charge in [-0.15, -0.1) is 0 Å². The van der Waals surface area contributed by atoms with Crippen molar-refractivity contribution < 1.29 is 9.32 Å². The number of nitrogens with one attached hydrogen (secondary N) is 1. The van der Waals surface area contributed by atoms with Crippen molar-refractivity contribution in [2.75, 3.05) is 20.6 Å². The van der Waals surface area contributed by atoms with Gasteiger partial charge in [0.05, 0.1) is 6.04 Å². The Morgan fingerprint density at radius 3 is 2.60 bits per heavy atom. The molecular weight excluding hydrogens is 316 g/mol. The van der Waals surface area contributed by atoms with Gasteiger partial charge >= 0.3 is 0 Å². The molecule has 0 saturated heterocycles. The van der Waals surface area contributed by atoms with Gasteiger partial charge < -0.3 is 14.7 Å². The average Bonchev–Trinajstić information content (AvgIpc) is 3.04. The van der Waals surface area contributed by atoms with Crippen LogP contribution in [0.2, 0.25) is 0 Å². The highest BCUT2D eigenvalue weighted by molar-refractivity contribution is 5.75.